The number of nitrogens with zero attached hydrogens (tertiary/aromatic N) is 1. The van der Waals surface area contributed by atoms with Crippen molar-refractivity contribution in [2.75, 3.05) is 7.11 Å². The molecule has 0 aliphatic carbocycles. The highest BCUT2D eigenvalue weighted by molar-refractivity contribution is 5.92. The average Bonchev–Trinajstić information content (AvgIpc) is 2.27. The van der Waals surface area contributed by atoms with E-state index in [4.69, 9.17) is 9.84 Å². The maximum Gasteiger partial charge on any atom is 0.331 e. The molecule has 1 aromatic rings. The first-order chi connectivity index (χ1) is 7.97. The van der Waals surface area contributed by atoms with Gasteiger partial charge in [-0.05, 0) is 25.1 Å². The van der Waals surface area contributed by atoms with Crippen molar-refractivity contribution in [3.8, 4) is 5.75 Å². The van der Waals surface area contributed by atoms with Crippen molar-refractivity contribution < 1.29 is 19.6 Å². The predicted octanol–water partition coefficient (Wildman–Crippen LogP) is 2.09. The van der Waals surface area contributed by atoms with Gasteiger partial charge in [0.1, 0.15) is 0 Å². The smallest absolute Gasteiger partial charge is 0.331 e. The van der Waals surface area contributed by atoms with Crippen LogP contribution in [0.3, 0.4) is 0 Å². The molecule has 90 valence electrons. The van der Waals surface area contributed by atoms with Crippen LogP contribution in [0, 0.1) is 10.1 Å². The summed E-state index contributed by atoms with van der Waals surface area (Å²) in [5.74, 6) is -1.02. The van der Waals surface area contributed by atoms with E-state index in [9.17, 15) is 14.9 Å². The topological polar surface area (TPSA) is 89.7 Å². The third kappa shape index (κ3) is 2.81. The number of hydrogen-bond donors (Lipinski definition) is 1. The molecular weight excluding hydrogens is 226 g/mol. The maximum atomic E-state index is 10.9. The lowest BCUT2D eigenvalue weighted by atomic mass is 10.1. The van der Waals surface area contributed by atoms with E-state index in [-0.39, 0.29) is 22.6 Å². The molecule has 1 rings (SSSR count). The SMILES string of the molecule is COc1cccc(/C=C(\C)C(=O)O)c1[N+](=O)[O-]. The molecule has 0 saturated carbocycles. The van der Waals surface area contributed by atoms with Gasteiger partial charge in [-0.1, -0.05) is 6.07 Å². The maximum absolute atomic E-state index is 10.9. The minimum atomic E-state index is -1.12. The molecule has 0 heterocycles. The summed E-state index contributed by atoms with van der Waals surface area (Å²) in [4.78, 5) is 21.0. The molecule has 6 nitrogen and oxygen atoms in total. The van der Waals surface area contributed by atoms with Gasteiger partial charge in [-0.15, -0.1) is 0 Å². The van der Waals surface area contributed by atoms with Gasteiger partial charge in [-0.25, -0.2) is 4.79 Å². The Morgan fingerprint density at radius 3 is 2.65 bits per heavy atom. The van der Waals surface area contributed by atoms with E-state index in [1.165, 1.54) is 32.2 Å². The number of nitro benzene ring substituents is 1. The summed E-state index contributed by atoms with van der Waals surface area (Å²) < 4.78 is 4.87. The average molecular weight is 237 g/mol. The van der Waals surface area contributed by atoms with E-state index in [0.717, 1.165) is 0 Å². The van der Waals surface area contributed by atoms with Crippen molar-refractivity contribution in [1.29, 1.82) is 0 Å². The number of benzene rings is 1. The Bertz CT molecular complexity index is 493. The van der Waals surface area contributed by atoms with E-state index < -0.39 is 10.9 Å². The number of ether oxygens (including phenoxy) is 1. The zero-order chi connectivity index (χ0) is 13.0. The Labute approximate surface area is 97.3 Å². The highest BCUT2D eigenvalue weighted by Crippen LogP contribution is 2.31. The van der Waals surface area contributed by atoms with Gasteiger partial charge in [0.2, 0.25) is 0 Å². The summed E-state index contributed by atoms with van der Waals surface area (Å²) in [6.45, 7) is 1.37. The lowest BCUT2D eigenvalue weighted by Gasteiger charge is -2.04. The largest absolute Gasteiger partial charge is 0.490 e. The third-order valence-corrected chi connectivity index (χ3v) is 2.14. The highest BCUT2D eigenvalue weighted by atomic mass is 16.6. The molecule has 0 aromatic heterocycles. The minimum Gasteiger partial charge on any atom is -0.490 e. The van der Waals surface area contributed by atoms with E-state index in [0.29, 0.717) is 0 Å². The Balaban J connectivity index is 3.38. The minimum absolute atomic E-state index is 0.0151. The first-order valence-electron chi connectivity index (χ1n) is 4.70. The Hall–Kier alpha value is -2.37. The van der Waals surface area contributed by atoms with Gasteiger partial charge in [0.25, 0.3) is 0 Å². The zero-order valence-electron chi connectivity index (χ0n) is 9.34. The summed E-state index contributed by atoms with van der Waals surface area (Å²) in [5.41, 5.74) is -0.0220. The van der Waals surface area contributed by atoms with Crippen molar-refractivity contribution in [1.82, 2.24) is 0 Å². The van der Waals surface area contributed by atoms with Crippen LogP contribution in [-0.4, -0.2) is 23.1 Å². The molecule has 0 aliphatic rings. The second-order valence-corrected chi connectivity index (χ2v) is 3.29. The van der Waals surface area contributed by atoms with Crippen LogP contribution in [0.5, 0.6) is 5.75 Å². The molecule has 1 aromatic carbocycles. The van der Waals surface area contributed by atoms with Gasteiger partial charge >= 0.3 is 11.7 Å². The molecule has 6 heteroatoms. The van der Waals surface area contributed by atoms with Crippen LogP contribution in [0.25, 0.3) is 6.08 Å². The number of carbonyl (C=O) groups is 1. The van der Waals surface area contributed by atoms with Crippen molar-refractivity contribution in [3.63, 3.8) is 0 Å². The second kappa shape index (κ2) is 5.11. The van der Waals surface area contributed by atoms with Crippen LogP contribution < -0.4 is 4.74 Å². The molecule has 0 amide bonds. The first kappa shape index (κ1) is 12.7. The summed E-state index contributed by atoms with van der Waals surface area (Å²) in [6.07, 6.45) is 1.24. The van der Waals surface area contributed by atoms with Crippen LogP contribution in [0.15, 0.2) is 23.8 Å². The summed E-state index contributed by atoms with van der Waals surface area (Å²) in [6, 6.07) is 4.48. The molecule has 0 radical (unpaired) electrons. The molecule has 17 heavy (non-hydrogen) atoms. The molecule has 0 bridgehead atoms. The van der Waals surface area contributed by atoms with Crippen LogP contribution in [0.4, 0.5) is 5.69 Å². The van der Waals surface area contributed by atoms with E-state index >= 15 is 0 Å². The molecule has 0 atom stereocenters. The predicted molar refractivity (Wildman–Crippen MR) is 60.9 cm³/mol. The lowest BCUT2D eigenvalue weighted by Crippen LogP contribution is -1.99. The number of methoxy groups -OCH3 is 1. The number of carboxylic acid groups (broad SMARTS) is 1. The van der Waals surface area contributed by atoms with Crippen molar-refractivity contribution in [3.05, 3.63) is 39.4 Å². The zero-order valence-corrected chi connectivity index (χ0v) is 9.34. The first-order valence-corrected chi connectivity index (χ1v) is 4.70. The summed E-state index contributed by atoms with van der Waals surface area (Å²) in [5, 5.41) is 19.6. The second-order valence-electron chi connectivity index (χ2n) is 3.29. The van der Waals surface area contributed by atoms with Crippen LogP contribution >= 0.6 is 0 Å². The number of para-hydroxylation sites is 1. The number of rotatable bonds is 4. The normalized spacial score (nSPS) is 11.1. The van der Waals surface area contributed by atoms with Crippen LogP contribution in [0.1, 0.15) is 12.5 Å². The van der Waals surface area contributed by atoms with Gasteiger partial charge < -0.3 is 9.84 Å². The Morgan fingerprint density at radius 1 is 1.53 bits per heavy atom. The number of nitro groups is 1. The highest BCUT2D eigenvalue weighted by Gasteiger charge is 2.19. The lowest BCUT2D eigenvalue weighted by molar-refractivity contribution is -0.386. The van der Waals surface area contributed by atoms with Gasteiger partial charge in [0, 0.05) is 5.57 Å². The number of hydrogen-bond acceptors (Lipinski definition) is 4. The fraction of sp³-hybridized carbons (Fsp3) is 0.182. The Morgan fingerprint density at radius 2 is 2.18 bits per heavy atom. The van der Waals surface area contributed by atoms with Crippen molar-refractivity contribution >= 4 is 17.7 Å². The molecule has 1 N–H and O–H groups in total. The standard InChI is InChI=1S/C11H11NO5/c1-7(11(13)14)6-8-4-3-5-9(17-2)10(8)12(15)16/h3-6H,1-2H3,(H,13,14)/b7-6+. The van der Waals surface area contributed by atoms with Gasteiger partial charge in [0.15, 0.2) is 5.75 Å². The number of aliphatic carboxylic acids is 1. The fourth-order valence-corrected chi connectivity index (χ4v) is 1.31. The summed E-state index contributed by atoms with van der Waals surface area (Å²) >= 11 is 0. The monoisotopic (exact) mass is 237 g/mol. The molecule has 0 fully saturated rings. The van der Waals surface area contributed by atoms with Crippen LogP contribution in [0.2, 0.25) is 0 Å². The molecule has 0 aliphatic heterocycles. The molecule has 0 spiro atoms. The van der Waals surface area contributed by atoms with E-state index in [1.54, 1.807) is 6.07 Å². The van der Waals surface area contributed by atoms with E-state index in [2.05, 4.69) is 0 Å². The summed E-state index contributed by atoms with van der Waals surface area (Å²) in [7, 11) is 1.32. The van der Waals surface area contributed by atoms with Gasteiger partial charge in [-0.2, -0.15) is 0 Å². The third-order valence-electron chi connectivity index (χ3n) is 2.14. The van der Waals surface area contributed by atoms with Gasteiger partial charge in [-0.3, -0.25) is 10.1 Å². The molecule has 0 saturated heterocycles. The molecule has 0 unspecified atom stereocenters. The van der Waals surface area contributed by atoms with Crippen molar-refractivity contribution in [2.24, 2.45) is 0 Å². The fourth-order valence-electron chi connectivity index (χ4n) is 1.31. The quantitative estimate of drug-likeness (QED) is 0.492. The molecular formula is C11H11NO5. The van der Waals surface area contributed by atoms with Crippen LogP contribution in [-0.2, 0) is 4.79 Å². The van der Waals surface area contributed by atoms with Gasteiger partial charge in [0.05, 0.1) is 17.6 Å². The Kier molecular flexibility index (Phi) is 3.82. The van der Waals surface area contributed by atoms with Crippen molar-refractivity contribution in [2.45, 2.75) is 6.92 Å². The number of carboxylic acids is 1. The van der Waals surface area contributed by atoms with E-state index in [1.807, 2.05) is 0 Å².